The molecule has 0 bridgehead atoms. The summed E-state index contributed by atoms with van der Waals surface area (Å²) >= 11 is 0. The van der Waals surface area contributed by atoms with E-state index < -0.39 is 14.3 Å². The van der Waals surface area contributed by atoms with Crippen molar-refractivity contribution in [1.82, 2.24) is 9.80 Å². The van der Waals surface area contributed by atoms with Crippen LogP contribution in [0.4, 0.5) is 4.79 Å². The maximum absolute atomic E-state index is 12.8. The largest absolute Gasteiger partial charge is 0.477 e. The Morgan fingerprint density at radius 2 is 2.00 bits per heavy atom. The lowest BCUT2D eigenvalue weighted by molar-refractivity contribution is -0.155. The van der Waals surface area contributed by atoms with E-state index in [9.17, 15) is 19.5 Å². The Kier molecular flexibility index (Phi) is 8.41. The lowest BCUT2D eigenvalue weighted by atomic mass is 9.83. The van der Waals surface area contributed by atoms with Gasteiger partial charge in [-0.1, -0.05) is 38.5 Å². The molecule has 8 nitrogen and oxygen atoms in total. The van der Waals surface area contributed by atoms with Gasteiger partial charge in [0.1, 0.15) is 12.3 Å². The number of carboxylic acid groups (broad SMARTS) is 1. The van der Waals surface area contributed by atoms with Gasteiger partial charge in [-0.05, 0) is 50.0 Å². The SMILES string of the molecule is C=CCOC(=O)N1CC(C=C(C)C2=C(C(=O)O)N3C(=O)[C@@H](CCO[Si](C)(C)CCCC)[C@H]3C2)C1. The number of carbonyl (C=O) groups is 3. The number of carboxylic acids is 1. The van der Waals surface area contributed by atoms with E-state index >= 15 is 0 Å². The normalized spacial score (nSPS) is 22.9. The number of β-lactam (4-membered cyclic amide) rings is 1. The number of carbonyl (C=O) groups excluding carboxylic acids is 2. The Hall–Kier alpha value is -2.39. The number of allylic oxidation sites excluding steroid dienone is 1. The van der Waals surface area contributed by atoms with Gasteiger partial charge in [0, 0.05) is 25.6 Å². The van der Waals surface area contributed by atoms with E-state index in [0.717, 1.165) is 30.0 Å². The van der Waals surface area contributed by atoms with E-state index in [-0.39, 0.29) is 42.2 Å². The number of unbranched alkanes of at least 4 members (excludes halogenated alkanes) is 1. The number of likely N-dealkylation sites (tertiary alicyclic amines) is 1. The summed E-state index contributed by atoms with van der Waals surface area (Å²) in [5.74, 6) is -1.22. The molecule has 0 spiro atoms. The van der Waals surface area contributed by atoms with E-state index in [2.05, 4.69) is 26.6 Å². The fourth-order valence-electron chi connectivity index (χ4n) is 5.04. The van der Waals surface area contributed by atoms with Gasteiger partial charge in [0.15, 0.2) is 8.32 Å². The van der Waals surface area contributed by atoms with Crippen molar-refractivity contribution in [2.75, 3.05) is 26.3 Å². The minimum absolute atomic E-state index is 0.104. The van der Waals surface area contributed by atoms with Gasteiger partial charge in [-0.2, -0.15) is 0 Å². The summed E-state index contributed by atoms with van der Waals surface area (Å²) in [5.41, 5.74) is 1.70. The highest BCUT2D eigenvalue weighted by atomic mass is 28.4. The molecule has 1 N–H and O–H groups in total. The van der Waals surface area contributed by atoms with Gasteiger partial charge in [0.05, 0.1) is 12.0 Å². The Morgan fingerprint density at radius 3 is 2.62 bits per heavy atom. The average Bonchev–Trinajstić information content (AvgIpc) is 3.12. The molecule has 3 rings (SSSR count). The van der Waals surface area contributed by atoms with Crippen LogP contribution < -0.4 is 0 Å². The Labute approximate surface area is 203 Å². The summed E-state index contributed by atoms with van der Waals surface area (Å²) < 4.78 is 11.2. The van der Waals surface area contributed by atoms with Gasteiger partial charge < -0.3 is 24.1 Å². The second-order valence-corrected chi connectivity index (χ2v) is 14.4. The molecule has 3 aliphatic heterocycles. The van der Waals surface area contributed by atoms with Gasteiger partial charge in [-0.25, -0.2) is 9.59 Å². The molecule has 2 amide bonds. The van der Waals surface area contributed by atoms with Crippen molar-refractivity contribution in [3.63, 3.8) is 0 Å². The van der Waals surface area contributed by atoms with Crippen LogP contribution in [0.25, 0.3) is 0 Å². The highest BCUT2D eigenvalue weighted by Gasteiger charge is 2.54. The fraction of sp³-hybridized carbons (Fsp3) is 0.640. The number of rotatable bonds is 12. The predicted molar refractivity (Wildman–Crippen MR) is 132 cm³/mol. The van der Waals surface area contributed by atoms with Crippen LogP contribution in [0.5, 0.6) is 0 Å². The molecule has 0 aromatic heterocycles. The van der Waals surface area contributed by atoms with Gasteiger partial charge in [-0.3, -0.25) is 4.79 Å². The molecule has 188 valence electrons. The van der Waals surface area contributed by atoms with Crippen molar-refractivity contribution in [3.05, 3.63) is 35.6 Å². The molecule has 9 heteroatoms. The minimum Gasteiger partial charge on any atom is -0.477 e. The van der Waals surface area contributed by atoms with Crippen LogP contribution in [0.1, 0.15) is 39.5 Å². The first-order valence-corrected chi connectivity index (χ1v) is 15.4. The minimum atomic E-state index is -1.72. The first kappa shape index (κ1) is 26.2. The molecule has 0 saturated carbocycles. The summed E-state index contributed by atoms with van der Waals surface area (Å²) in [4.78, 5) is 39.8. The molecule has 0 aromatic rings. The molecule has 2 saturated heterocycles. The molecule has 0 unspecified atom stereocenters. The van der Waals surface area contributed by atoms with E-state index in [1.807, 2.05) is 13.0 Å². The van der Waals surface area contributed by atoms with Gasteiger partial charge in [0.25, 0.3) is 0 Å². The quantitative estimate of drug-likeness (QED) is 0.251. The van der Waals surface area contributed by atoms with Crippen LogP contribution in [0, 0.1) is 11.8 Å². The number of hydrogen-bond donors (Lipinski definition) is 1. The zero-order valence-electron chi connectivity index (χ0n) is 20.8. The van der Waals surface area contributed by atoms with Crippen molar-refractivity contribution in [1.29, 1.82) is 0 Å². The molecule has 3 heterocycles. The molecule has 3 aliphatic rings. The zero-order chi connectivity index (χ0) is 25.0. The maximum Gasteiger partial charge on any atom is 0.410 e. The highest BCUT2D eigenvalue weighted by molar-refractivity contribution is 6.71. The van der Waals surface area contributed by atoms with E-state index in [1.54, 1.807) is 4.90 Å². The van der Waals surface area contributed by atoms with Gasteiger partial charge in [-0.15, -0.1) is 0 Å². The summed E-state index contributed by atoms with van der Waals surface area (Å²) in [6.07, 6.45) is 6.67. The highest BCUT2D eigenvalue weighted by Crippen LogP contribution is 2.46. The Morgan fingerprint density at radius 1 is 1.29 bits per heavy atom. The third-order valence-corrected chi connectivity index (χ3v) is 9.55. The van der Waals surface area contributed by atoms with Gasteiger partial charge >= 0.3 is 12.1 Å². The second kappa shape index (κ2) is 10.9. The Bertz CT molecular complexity index is 890. The lowest BCUT2D eigenvalue weighted by Crippen LogP contribution is -2.58. The standard InChI is InChI=1S/C25H38N2O6Si/c1-6-8-12-34(4,5)33-11-9-19-21-14-20(22(24(29)30)27(21)23(19)28)17(3)13-18-15-26(16-18)25(31)32-10-7-2/h7,13,18-19,21H,2,6,8-12,14-16H2,1,3-5H3,(H,29,30)/t19-,21+/m0/s1. The molecule has 0 aliphatic carbocycles. The number of ether oxygens (including phenoxy) is 1. The number of nitrogens with zero attached hydrogens (tertiary/aromatic N) is 2. The third kappa shape index (κ3) is 5.63. The molecular formula is C25H38N2O6Si. The number of fused-ring (bicyclic) bond motifs is 1. The van der Waals surface area contributed by atoms with Crippen LogP contribution in [0.2, 0.25) is 19.1 Å². The van der Waals surface area contributed by atoms with Crippen LogP contribution in [0.3, 0.4) is 0 Å². The second-order valence-electron chi connectivity index (χ2n) is 10.1. The number of amides is 2. The topological polar surface area (TPSA) is 96.4 Å². The lowest BCUT2D eigenvalue weighted by Gasteiger charge is -2.43. The molecule has 0 radical (unpaired) electrons. The first-order chi connectivity index (χ1) is 16.1. The van der Waals surface area contributed by atoms with Crippen molar-refractivity contribution >= 4 is 26.3 Å². The van der Waals surface area contributed by atoms with Crippen LogP contribution in [0.15, 0.2) is 35.6 Å². The van der Waals surface area contributed by atoms with Crippen molar-refractivity contribution < 1.29 is 28.7 Å². The number of aliphatic carboxylic acids is 1. The molecular weight excluding hydrogens is 452 g/mol. The average molecular weight is 491 g/mol. The van der Waals surface area contributed by atoms with Crippen molar-refractivity contribution in [2.45, 2.75) is 64.7 Å². The van der Waals surface area contributed by atoms with Crippen LogP contribution in [-0.4, -0.2) is 73.5 Å². The molecule has 0 aromatic carbocycles. The van der Waals surface area contributed by atoms with Crippen molar-refractivity contribution in [3.8, 4) is 0 Å². The molecule has 2 atom stereocenters. The smallest absolute Gasteiger partial charge is 0.410 e. The third-order valence-electron chi connectivity index (χ3n) is 7.00. The summed E-state index contributed by atoms with van der Waals surface area (Å²) in [7, 11) is -1.72. The zero-order valence-corrected chi connectivity index (χ0v) is 21.8. The van der Waals surface area contributed by atoms with E-state index in [0.29, 0.717) is 32.5 Å². The summed E-state index contributed by atoms with van der Waals surface area (Å²) in [5, 5.41) is 9.85. The summed E-state index contributed by atoms with van der Waals surface area (Å²) in [6.45, 7) is 13.8. The first-order valence-electron chi connectivity index (χ1n) is 12.2. The maximum atomic E-state index is 12.8. The van der Waals surface area contributed by atoms with E-state index in [1.165, 1.54) is 11.0 Å². The molecule has 34 heavy (non-hydrogen) atoms. The van der Waals surface area contributed by atoms with E-state index in [4.69, 9.17) is 9.16 Å². The fourth-order valence-corrected chi connectivity index (χ4v) is 7.06. The predicted octanol–water partition coefficient (Wildman–Crippen LogP) is 4.17. The van der Waals surface area contributed by atoms with Crippen molar-refractivity contribution in [2.24, 2.45) is 11.8 Å². The van der Waals surface area contributed by atoms with Crippen LogP contribution in [-0.2, 0) is 18.8 Å². The Balaban J connectivity index is 1.58. The monoisotopic (exact) mass is 490 g/mol. The summed E-state index contributed by atoms with van der Waals surface area (Å²) in [6, 6.07) is 1.01. The van der Waals surface area contributed by atoms with Crippen LogP contribution >= 0.6 is 0 Å². The molecule has 2 fully saturated rings. The number of hydrogen-bond acceptors (Lipinski definition) is 5. The van der Waals surface area contributed by atoms with Gasteiger partial charge in [0.2, 0.25) is 5.91 Å².